The largest absolute Gasteiger partial charge is 0.342 e. The van der Waals surface area contributed by atoms with Crippen molar-refractivity contribution in [2.45, 2.75) is 54.4 Å². The van der Waals surface area contributed by atoms with Crippen LogP contribution in [0.4, 0.5) is 0 Å². The summed E-state index contributed by atoms with van der Waals surface area (Å²) in [5.41, 5.74) is 0.000495. The summed E-state index contributed by atoms with van der Waals surface area (Å²) in [4.78, 5) is 39.8. The van der Waals surface area contributed by atoms with E-state index in [1.165, 1.54) is 4.90 Å². The van der Waals surface area contributed by atoms with Crippen molar-refractivity contribution in [3.05, 3.63) is 0 Å². The molecule has 0 aromatic rings. The maximum absolute atomic E-state index is 12.4. The predicted molar refractivity (Wildman–Crippen MR) is 88.4 cm³/mol. The second kappa shape index (κ2) is 5.91. The minimum Gasteiger partial charge on any atom is -0.342 e. The van der Waals surface area contributed by atoms with Crippen molar-refractivity contribution in [1.82, 2.24) is 9.80 Å². The summed E-state index contributed by atoms with van der Waals surface area (Å²) in [5, 5.41) is 0. The summed E-state index contributed by atoms with van der Waals surface area (Å²) in [6.45, 7) is 14.3. The molecule has 0 N–H and O–H groups in total. The van der Waals surface area contributed by atoms with Crippen molar-refractivity contribution in [3.63, 3.8) is 0 Å². The van der Waals surface area contributed by atoms with Crippen molar-refractivity contribution in [2.75, 3.05) is 19.6 Å². The van der Waals surface area contributed by atoms with E-state index in [0.717, 1.165) is 13.1 Å². The molecule has 0 aromatic heterocycles. The van der Waals surface area contributed by atoms with Crippen LogP contribution in [-0.4, -0.2) is 47.2 Å². The quantitative estimate of drug-likeness (QED) is 0.749. The van der Waals surface area contributed by atoms with Gasteiger partial charge in [-0.2, -0.15) is 0 Å². The van der Waals surface area contributed by atoms with Crippen LogP contribution in [0.15, 0.2) is 0 Å². The van der Waals surface area contributed by atoms with E-state index < -0.39 is 0 Å². The highest BCUT2D eigenvalue weighted by Crippen LogP contribution is 2.36. The molecule has 0 aromatic carbocycles. The minimum absolute atomic E-state index is 0.0466. The lowest BCUT2D eigenvalue weighted by Crippen LogP contribution is -2.55. The number of nitrogens with zero attached hydrogens (tertiary/aromatic N) is 2. The molecule has 0 saturated carbocycles. The molecule has 1 unspecified atom stereocenters. The Morgan fingerprint density at radius 2 is 1.61 bits per heavy atom. The van der Waals surface area contributed by atoms with E-state index in [4.69, 9.17) is 0 Å². The summed E-state index contributed by atoms with van der Waals surface area (Å²) in [7, 11) is 0. The van der Waals surface area contributed by atoms with Crippen LogP contribution in [0.1, 0.15) is 54.4 Å². The summed E-state index contributed by atoms with van der Waals surface area (Å²) in [6, 6.07) is 0. The molecule has 2 heterocycles. The first-order valence-electron chi connectivity index (χ1n) is 8.53. The van der Waals surface area contributed by atoms with Gasteiger partial charge in [0, 0.05) is 32.5 Å². The van der Waals surface area contributed by atoms with Gasteiger partial charge in [0.05, 0.1) is 5.92 Å². The number of carbonyl (C=O) groups excluding carboxylic acids is 3. The van der Waals surface area contributed by atoms with Crippen LogP contribution in [0.2, 0.25) is 0 Å². The zero-order valence-electron chi connectivity index (χ0n) is 15.3. The van der Waals surface area contributed by atoms with Gasteiger partial charge >= 0.3 is 0 Å². The highest BCUT2D eigenvalue weighted by Gasteiger charge is 2.45. The lowest BCUT2D eigenvalue weighted by molar-refractivity contribution is -0.143. The number of rotatable bonds is 3. The predicted octanol–water partition coefficient (Wildman–Crippen LogP) is 2.30. The van der Waals surface area contributed by atoms with E-state index in [1.54, 1.807) is 0 Å². The second-order valence-corrected chi connectivity index (χ2v) is 9.12. The zero-order chi connectivity index (χ0) is 17.6. The molecule has 5 heteroatoms. The molecule has 2 saturated heterocycles. The summed E-state index contributed by atoms with van der Waals surface area (Å²) < 4.78 is 0. The van der Waals surface area contributed by atoms with Crippen LogP contribution >= 0.6 is 0 Å². The first-order chi connectivity index (χ1) is 10.4. The molecule has 0 radical (unpaired) electrons. The maximum Gasteiger partial charge on any atom is 0.233 e. The number of hydrogen-bond donors (Lipinski definition) is 0. The van der Waals surface area contributed by atoms with Gasteiger partial charge in [-0.3, -0.25) is 19.3 Å². The minimum atomic E-state index is -0.264. The lowest BCUT2D eigenvalue weighted by Gasteiger charge is -2.46. The Balaban J connectivity index is 1.84. The lowest BCUT2D eigenvalue weighted by atomic mass is 9.76. The third kappa shape index (κ3) is 3.75. The number of hydrogen-bond acceptors (Lipinski definition) is 3. The summed E-state index contributed by atoms with van der Waals surface area (Å²) >= 11 is 0. The van der Waals surface area contributed by atoms with Crippen molar-refractivity contribution in [1.29, 1.82) is 0 Å². The Hall–Kier alpha value is -1.39. The van der Waals surface area contributed by atoms with Gasteiger partial charge in [0.1, 0.15) is 0 Å². The van der Waals surface area contributed by atoms with Crippen LogP contribution in [0.3, 0.4) is 0 Å². The van der Waals surface area contributed by atoms with Gasteiger partial charge in [-0.25, -0.2) is 0 Å². The Morgan fingerprint density at radius 3 is 2.04 bits per heavy atom. The average molecular weight is 322 g/mol. The van der Waals surface area contributed by atoms with Crippen molar-refractivity contribution < 1.29 is 14.4 Å². The molecule has 130 valence electrons. The molecule has 0 aliphatic carbocycles. The summed E-state index contributed by atoms with van der Waals surface area (Å²) in [5.74, 6) is 0.0573. The number of amides is 3. The molecule has 23 heavy (non-hydrogen) atoms. The molecule has 3 amide bonds. The van der Waals surface area contributed by atoms with Gasteiger partial charge in [0.2, 0.25) is 17.7 Å². The van der Waals surface area contributed by atoms with Gasteiger partial charge in [-0.1, -0.05) is 41.5 Å². The van der Waals surface area contributed by atoms with Crippen LogP contribution in [0, 0.1) is 22.7 Å². The van der Waals surface area contributed by atoms with Crippen LogP contribution in [0.5, 0.6) is 0 Å². The van der Waals surface area contributed by atoms with Crippen molar-refractivity contribution in [2.24, 2.45) is 22.7 Å². The van der Waals surface area contributed by atoms with Crippen molar-refractivity contribution in [3.8, 4) is 0 Å². The molecule has 2 aliphatic heterocycles. The van der Waals surface area contributed by atoms with E-state index in [-0.39, 0.29) is 53.9 Å². The normalized spacial score (nSPS) is 23.5. The van der Waals surface area contributed by atoms with Gasteiger partial charge in [-0.05, 0) is 16.7 Å². The Kier molecular flexibility index (Phi) is 4.62. The van der Waals surface area contributed by atoms with E-state index >= 15 is 0 Å². The number of likely N-dealkylation sites (tertiary alicyclic amines) is 2. The van der Waals surface area contributed by atoms with Crippen LogP contribution in [-0.2, 0) is 14.4 Å². The smallest absolute Gasteiger partial charge is 0.233 e. The van der Waals surface area contributed by atoms with E-state index in [0.29, 0.717) is 5.92 Å². The SMILES string of the molecule is CC(C)(C)C1CN(C(=O)CCN2C(=O)CC(C(C)(C)C)C2=O)C1. The fourth-order valence-electron chi connectivity index (χ4n) is 3.19. The Morgan fingerprint density at radius 1 is 1.04 bits per heavy atom. The number of carbonyl (C=O) groups is 3. The third-order valence-electron chi connectivity index (χ3n) is 5.30. The van der Waals surface area contributed by atoms with Gasteiger partial charge in [-0.15, -0.1) is 0 Å². The molecule has 0 bridgehead atoms. The van der Waals surface area contributed by atoms with Gasteiger partial charge in [0.25, 0.3) is 0 Å². The average Bonchev–Trinajstić information content (AvgIpc) is 2.58. The second-order valence-electron chi connectivity index (χ2n) is 9.12. The highest BCUT2D eigenvalue weighted by molar-refractivity contribution is 6.04. The third-order valence-corrected chi connectivity index (χ3v) is 5.30. The highest BCUT2D eigenvalue weighted by atomic mass is 16.2. The Bertz CT molecular complexity index is 507. The zero-order valence-corrected chi connectivity index (χ0v) is 15.3. The van der Waals surface area contributed by atoms with E-state index in [9.17, 15) is 14.4 Å². The molecule has 2 rings (SSSR count). The molecule has 2 fully saturated rings. The first kappa shape index (κ1) is 18.0. The molecular formula is C18H30N2O3. The maximum atomic E-state index is 12.4. The Labute approximate surface area is 139 Å². The van der Waals surface area contributed by atoms with Crippen LogP contribution < -0.4 is 0 Å². The number of imide groups is 1. The van der Waals surface area contributed by atoms with E-state index in [1.807, 2.05) is 25.7 Å². The van der Waals surface area contributed by atoms with E-state index in [2.05, 4.69) is 20.8 Å². The summed E-state index contributed by atoms with van der Waals surface area (Å²) in [6.07, 6.45) is 0.511. The molecular weight excluding hydrogens is 292 g/mol. The fraction of sp³-hybridized carbons (Fsp3) is 0.833. The van der Waals surface area contributed by atoms with Crippen LogP contribution in [0.25, 0.3) is 0 Å². The molecule has 0 spiro atoms. The van der Waals surface area contributed by atoms with Gasteiger partial charge in [0.15, 0.2) is 0 Å². The molecule has 5 nitrogen and oxygen atoms in total. The topological polar surface area (TPSA) is 57.7 Å². The molecule has 2 aliphatic rings. The molecule has 1 atom stereocenters. The fourth-order valence-corrected chi connectivity index (χ4v) is 3.19. The standard InChI is InChI=1S/C18H30N2O3/c1-17(2,3)12-10-19(11-12)14(21)7-8-20-15(22)9-13(16(20)23)18(4,5)6/h12-13H,7-11H2,1-6H3. The van der Waals surface area contributed by atoms with Crippen molar-refractivity contribution >= 4 is 17.7 Å². The van der Waals surface area contributed by atoms with Gasteiger partial charge < -0.3 is 4.90 Å². The first-order valence-corrected chi connectivity index (χ1v) is 8.53. The monoisotopic (exact) mass is 322 g/mol.